The molecule has 0 saturated carbocycles. The lowest BCUT2D eigenvalue weighted by Crippen LogP contribution is -2.29. The molecule has 7 nitrogen and oxygen atoms in total. The fourth-order valence-corrected chi connectivity index (χ4v) is 2.44. The van der Waals surface area contributed by atoms with Crippen molar-refractivity contribution in [3.63, 3.8) is 0 Å². The number of hydrogen-bond acceptors (Lipinski definition) is 5. The number of carbonyl (C=O) groups is 3. The van der Waals surface area contributed by atoms with E-state index in [9.17, 15) is 14.4 Å². The predicted molar refractivity (Wildman–Crippen MR) is 110 cm³/mol. The second-order valence-electron chi connectivity index (χ2n) is 6.73. The Hall–Kier alpha value is -3.35. The Balaban J connectivity index is 1.92. The van der Waals surface area contributed by atoms with Gasteiger partial charge >= 0.3 is 5.97 Å². The first-order chi connectivity index (χ1) is 13.9. The molecule has 0 saturated heterocycles. The van der Waals surface area contributed by atoms with E-state index in [4.69, 9.17) is 9.47 Å². The molecule has 0 spiro atoms. The average molecular weight is 398 g/mol. The normalized spacial score (nSPS) is 10.3. The largest absolute Gasteiger partial charge is 0.494 e. The summed E-state index contributed by atoms with van der Waals surface area (Å²) in [6, 6.07) is 13.1. The maximum absolute atomic E-state index is 12.3. The first-order valence-corrected chi connectivity index (χ1v) is 9.47. The number of hydrogen-bond donors (Lipinski definition) is 2. The molecule has 2 rings (SSSR count). The van der Waals surface area contributed by atoms with E-state index in [0.717, 1.165) is 0 Å². The highest BCUT2D eigenvalue weighted by Gasteiger charge is 2.15. The van der Waals surface area contributed by atoms with Crippen molar-refractivity contribution in [2.75, 3.05) is 25.1 Å². The SMILES string of the molecule is CCOc1ccc(C(=O)OCC(=O)Nc2ccccc2C(=O)NCC(C)C)cc1. The monoisotopic (exact) mass is 398 g/mol. The Kier molecular flexibility index (Phi) is 8.21. The number of benzene rings is 2. The van der Waals surface area contributed by atoms with Gasteiger partial charge in [0.25, 0.3) is 11.8 Å². The lowest BCUT2D eigenvalue weighted by atomic mass is 10.1. The molecule has 0 atom stereocenters. The van der Waals surface area contributed by atoms with Crippen LogP contribution in [0.1, 0.15) is 41.5 Å². The molecular weight excluding hydrogens is 372 g/mol. The molecule has 7 heteroatoms. The number of ether oxygens (including phenoxy) is 2. The van der Waals surface area contributed by atoms with Gasteiger partial charge in [-0.3, -0.25) is 9.59 Å². The summed E-state index contributed by atoms with van der Waals surface area (Å²) in [5.41, 5.74) is 1.02. The van der Waals surface area contributed by atoms with Crippen LogP contribution in [0, 0.1) is 5.92 Å². The van der Waals surface area contributed by atoms with Gasteiger partial charge < -0.3 is 20.1 Å². The minimum Gasteiger partial charge on any atom is -0.494 e. The van der Waals surface area contributed by atoms with E-state index in [-0.39, 0.29) is 5.91 Å². The molecule has 0 aliphatic heterocycles. The van der Waals surface area contributed by atoms with Gasteiger partial charge in [-0.15, -0.1) is 0 Å². The van der Waals surface area contributed by atoms with Gasteiger partial charge in [0.15, 0.2) is 6.61 Å². The van der Waals surface area contributed by atoms with Crippen molar-refractivity contribution in [2.45, 2.75) is 20.8 Å². The number of amides is 2. The zero-order chi connectivity index (χ0) is 21.2. The minimum absolute atomic E-state index is 0.277. The Morgan fingerprint density at radius 1 is 1.00 bits per heavy atom. The second-order valence-corrected chi connectivity index (χ2v) is 6.73. The molecule has 2 aromatic rings. The molecule has 0 aliphatic rings. The molecular formula is C22H26N2O5. The third-order valence-electron chi connectivity index (χ3n) is 3.85. The molecule has 0 radical (unpaired) electrons. The summed E-state index contributed by atoms with van der Waals surface area (Å²) in [4.78, 5) is 36.6. The summed E-state index contributed by atoms with van der Waals surface area (Å²) in [6.45, 7) is 6.45. The molecule has 0 heterocycles. The fraction of sp³-hybridized carbons (Fsp3) is 0.318. The van der Waals surface area contributed by atoms with Gasteiger partial charge in [-0.2, -0.15) is 0 Å². The lowest BCUT2D eigenvalue weighted by molar-refractivity contribution is -0.119. The van der Waals surface area contributed by atoms with Gasteiger partial charge in [0.1, 0.15) is 5.75 Å². The molecule has 2 aromatic carbocycles. The second kappa shape index (κ2) is 10.8. The topological polar surface area (TPSA) is 93.7 Å². The van der Waals surface area contributed by atoms with Crippen molar-refractivity contribution < 1.29 is 23.9 Å². The Bertz CT molecular complexity index is 847. The van der Waals surface area contributed by atoms with Crippen LogP contribution >= 0.6 is 0 Å². The molecule has 0 aliphatic carbocycles. The van der Waals surface area contributed by atoms with Crippen LogP contribution in [-0.2, 0) is 9.53 Å². The van der Waals surface area contributed by atoms with Crippen LogP contribution in [0.25, 0.3) is 0 Å². The van der Waals surface area contributed by atoms with Gasteiger partial charge in [0.05, 0.1) is 23.4 Å². The summed E-state index contributed by atoms with van der Waals surface area (Å²) in [6.07, 6.45) is 0. The lowest BCUT2D eigenvalue weighted by Gasteiger charge is -2.12. The van der Waals surface area contributed by atoms with E-state index in [1.165, 1.54) is 0 Å². The highest BCUT2D eigenvalue weighted by Crippen LogP contribution is 2.16. The van der Waals surface area contributed by atoms with E-state index >= 15 is 0 Å². The van der Waals surface area contributed by atoms with Crippen LogP contribution < -0.4 is 15.4 Å². The van der Waals surface area contributed by atoms with E-state index in [1.807, 2.05) is 20.8 Å². The van der Waals surface area contributed by atoms with Crippen molar-refractivity contribution >= 4 is 23.5 Å². The van der Waals surface area contributed by atoms with Gasteiger partial charge in [-0.1, -0.05) is 26.0 Å². The summed E-state index contributed by atoms with van der Waals surface area (Å²) in [7, 11) is 0. The van der Waals surface area contributed by atoms with Crippen LogP contribution in [0.2, 0.25) is 0 Å². The smallest absolute Gasteiger partial charge is 0.338 e. The molecule has 2 amide bonds. The predicted octanol–water partition coefficient (Wildman–Crippen LogP) is 3.27. The maximum Gasteiger partial charge on any atom is 0.338 e. The Labute approximate surface area is 170 Å². The number of esters is 1. The van der Waals surface area contributed by atoms with Gasteiger partial charge in [0.2, 0.25) is 0 Å². The highest BCUT2D eigenvalue weighted by molar-refractivity contribution is 6.04. The van der Waals surface area contributed by atoms with Crippen molar-refractivity contribution in [3.8, 4) is 5.75 Å². The van der Waals surface area contributed by atoms with Crippen LogP contribution in [0.15, 0.2) is 48.5 Å². The number of para-hydroxylation sites is 1. The number of nitrogens with one attached hydrogen (secondary N) is 2. The standard InChI is InChI=1S/C22H26N2O5/c1-4-28-17-11-9-16(10-12-17)22(27)29-14-20(25)24-19-8-6-5-7-18(19)21(26)23-13-15(2)3/h5-12,15H,4,13-14H2,1-3H3,(H,23,26)(H,24,25). The van der Waals surface area contributed by atoms with Crippen molar-refractivity contribution in [1.29, 1.82) is 0 Å². The number of anilines is 1. The van der Waals surface area contributed by atoms with Crippen LogP contribution in [0.5, 0.6) is 5.75 Å². The minimum atomic E-state index is -0.619. The zero-order valence-corrected chi connectivity index (χ0v) is 16.9. The summed E-state index contributed by atoms with van der Waals surface area (Å²) in [5.74, 6) is -0.475. The van der Waals surface area contributed by atoms with Gasteiger partial charge in [-0.25, -0.2) is 4.79 Å². The summed E-state index contributed by atoms with van der Waals surface area (Å²) < 4.78 is 10.4. The number of carbonyl (C=O) groups excluding carboxylic acids is 3. The zero-order valence-electron chi connectivity index (χ0n) is 16.9. The first-order valence-electron chi connectivity index (χ1n) is 9.47. The van der Waals surface area contributed by atoms with Crippen molar-refractivity contribution in [3.05, 3.63) is 59.7 Å². The van der Waals surface area contributed by atoms with Gasteiger partial charge in [0, 0.05) is 6.54 Å². The molecule has 0 aromatic heterocycles. The van der Waals surface area contributed by atoms with E-state index in [0.29, 0.717) is 41.6 Å². The molecule has 0 bridgehead atoms. The molecule has 154 valence electrons. The Morgan fingerprint density at radius 2 is 1.69 bits per heavy atom. The van der Waals surface area contributed by atoms with Gasteiger partial charge in [-0.05, 0) is 49.2 Å². The molecule has 2 N–H and O–H groups in total. The van der Waals surface area contributed by atoms with E-state index in [1.54, 1.807) is 48.5 Å². The maximum atomic E-state index is 12.3. The van der Waals surface area contributed by atoms with Crippen LogP contribution in [0.4, 0.5) is 5.69 Å². The quantitative estimate of drug-likeness (QED) is 0.633. The van der Waals surface area contributed by atoms with E-state index in [2.05, 4.69) is 10.6 Å². The summed E-state index contributed by atoms with van der Waals surface area (Å²) in [5, 5.41) is 5.43. The highest BCUT2D eigenvalue weighted by atomic mass is 16.5. The van der Waals surface area contributed by atoms with Crippen LogP contribution in [-0.4, -0.2) is 37.5 Å². The molecule has 0 fully saturated rings. The van der Waals surface area contributed by atoms with Crippen LogP contribution in [0.3, 0.4) is 0 Å². The van der Waals surface area contributed by atoms with E-state index < -0.39 is 18.5 Å². The molecule has 0 unspecified atom stereocenters. The molecule has 29 heavy (non-hydrogen) atoms. The average Bonchev–Trinajstić information content (AvgIpc) is 2.71. The number of rotatable bonds is 9. The fourth-order valence-electron chi connectivity index (χ4n) is 2.44. The first kappa shape index (κ1) is 21.9. The third-order valence-corrected chi connectivity index (χ3v) is 3.85. The summed E-state index contributed by atoms with van der Waals surface area (Å²) >= 11 is 0. The third kappa shape index (κ3) is 6.95. The Morgan fingerprint density at radius 3 is 2.34 bits per heavy atom. The van der Waals surface area contributed by atoms with Crippen molar-refractivity contribution in [1.82, 2.24) is 5.32 Å². The van der Waals surface area contributed by atoms with Crippen molar-refractivity contribution in [2.24, 2.45) is 5.92 Å².